The lowest BCUT2D eigenvalue weighted by Crippen LogP contribution is -2.03. The van der Waals surface area contributed by atoms with Crippen LogP contribution < -0.4 is 0 Å². The number of halogens is 2. The van der Waals surface area contributed by atoms with Crippen LogP contribution in [0.1, 0.15) is 21.6 Å². The van der Waals surface area contributed by atoms with Crippen molar-refractivity contribution in [2.75, 3.05) is 0 Å². The third kappa shape index (κ3) is 2.06. The molecule has 3 aromatic rings. The molecule has 0 fully saturated rings. The van der Waals surface area contributed by atoms with Crippen LogP contribution in [0.3, 0.4) is 0 Å². The van der Waals surface area contributed by atoms with Gasteiger partial charge in [0.15, 0.2) is 5.78 Å². The Morgan fingerprint density at radius 1 is 1.20 bits per heavy atom. The van der Waals surface area contributed by atoms with Crippen LogP contribution in [0.2, 0.25) is 0 Å². The summed E-state index contributed by atoms with van der Waals surface area (Å²) in [6.45, 7) is 1.85. The smallest absolute Gasteiger partial charge is 0.195 e. The molecule has 0 atom stereocenters. The minimum Gasteiger partial charge on any atom is -0.358 e. The van der Waals surface area contributed by atoms with Crippen LogP contribution in [0.25, 0.3) is 10.9 Å². The molecule has 0 aliphatic carbocycles. The third-order valence-corrected chi connectivity index (χ3v) is 3.95. The fourth-order valence-electron chi connectivity index (χ4n) is 2.35. The lowest BCUT2D eigenvalue weighted by atomic mass is 10.0. The number of hydrogen-bond donors (Lipinski definition) is 1. The fraction of sp³-hybridized carbons (Fsp3) is 0.0625. The van der Waals surface area contributed by atoms with Crippen molar-refractivity contribution in [3.63, 3.8) is 0 Å². The molecule has 0 radical (unpaired) electrons. The summed E-state index contributed by atoms with van der Waals surface area (Å²) in [4.78, 5) is 15.8. The van der Waals surface area contributed by atoms with Crippen LogP contribution in [-0.2, 0) is 0 Å². The van der Waals surface area contributed by atoms with Gasteiger partial charge in [0.25, 0.3) is 0 Å². The number of hydrogen-bond acceptors (Lipinski definition) is 1. The number of ketones is 1. The van der Waals surface area contributed by atoms with Gasteiger partial charge < -0.3 is 4.98 Å². The molecule has 3 rings (SSSR count). The van der Waals surface area contributed by atoms with Crippen molar-refractivity contribution in [3.8, 4) is 0 Å². The van der Waals surface area contributed by atoms with Crippen molar-refractivity contribution in [2.45, 2.75) is 6.92 Å². The van der Waals surface area contributed by atoms with Gasteiger partial charge >= 0.3 is 0 Å². The number of fused-ring (bicyclic) bond motifs is 1. The lowest BCUT2D eigenvalue weighted by Gasteiger charge is -2.03. The van der Waals surface area contributed by atoms with Crippen molar-refractivity contribution in [1.29, 1.82) is 0 Å². The highest BCUT2D eigenvalue weighted by Gasteiger charge is 2.18. The highest BCUT2D eigenvalue weighted by atomic mass is 79.9. The van der Waals surface area contributed by atoms with Crippen LogP contribution in [0.15, 0.2) is 46.9 Å². The Morgan fingerprint density at radius 2 is 1.95 bits per heavy atom. The van der Waals surface area contributed by atoms with Crippen molar-refractivity contribution in [2.24, 2.45) is 0 Å². The molecule has 0 aliphatic rings. The van der Waals surface area contributed by atoms with Gasteiger partial charge in [-0.25, -0.2) is 4.39 Å². The van der Waals surface area contributed by atoms with Gasteiger partial charge in [0.2, 0.25) is 0 Å². The summed E-state index contributed by atoms with van der Waals surface area (Å²) < 4.78 is 13.9. The van der Waals surface area contributed by atoms with Crippen molar-refractivity contribution in [3.05, 3.63) is 69.6 Å². The monoisotopic (exact) mass is 331 g/mol. The number of aromatic nitrogens is 1. The van der Waals surface area contributed by atoms with Crippen LogP contribution in [0, 0.1) is 12.7 Å². The number of nitrogens with one attached hydrogen (secondary N) is 1. The predicted molar refractivity (Wildman–Crippen MR) is 80.6 cm³/mol. The van der Waals surface area contributed by atoms with Gasteiger partial charge in [-0.05, 0) is 47.1 Å². The van der Waals surface area contributed by atoms with Gasteiger partial charge in [-0.3, -0.25) is 4.79 Å². The summed E-state index contributed by atoms with van der Waals surface area (Å²) in [7, 11) is 0. The summed E-state index contributed by atoms with van der Waals surface area (Å²) in [5.74, 6) is -0.611. The van der Waals surface area contributed by atoms with Crippen LogP contribution in [0.4, 0.5) is 4.39 Å². The second kappa shape index (κ2) is 4.87. The van der Waals surface area contributed by atoms with Gasteiger partial charge in [-0.15, -0.1) is 0 Å². The van der Waals surface area contributed by atoms with E-state index in [0.29, 0.717) is 15.6 Å². The highest BCUT2D eigenvalue weighted by Crippen LogP contribution is 2.26. The van der Waals surface area contributed by atoms with Crippen LogP contribution in [-0.4, -0.2) is 10.8 Å². The first kappa shape index (κ1) is 13.1. The maximum atomic E-state index is 13.6. The average Bonchev–Trinajstić information content (AvgIpc) is 2.77. The minimum absolute atomic E-state index is 0.175. The first-order valence-corrected chi connectivity index (χ1v) is 6.94. The van der Waals surface area contributed by atoms with Crippen molar-refractivity contribution < 1.29 is 9.18 Å². The predicted octanol–water partition coefficient (Wildman–Crippen LogP) is 4.61. The molecule has 0 aliphatic heterocycles. The number of benzene rings is 2. The Morgan fingerprint density at radius 3 is 2.70 bits per heavy atom. The van der Waals surface area contributed by atoms with Crippen molar-refractivity contribution in [1.82, 2.24) is 4.98 Å². The Balaban J connectivity index is 2.17. The molecule has 0 saturated heterocycles. The Labute approximate surface area is 123 Å². The summed E-state index contributed by atoms with van der Waals surface area (Å²) >= 11 is 3.09. The van der Waals surface area contributed by atoms with E-state index in [1.807, 2.05) is 31.2 Å². The van der Waals surface area contributed by atoms with E-state index in [2.05, 4.69) is 20.9 Å². The van der Waals surface area contributed by atoms with Gasteiger partial charge in [0.1, 0.15) is 5.82 Å². The average molecular weight is 332 g/mol. The molecular formula is C16H11BrFNO. The Bertz CT molecular complexity index is 822. The van der Waals surface area contributed by atoms with E-state index < -0.39 is 5.82 Å². The van der Waals surface area contributed by atoms with E-state index in [1.165, 1.54) is 6.07 Å². The number of carbonyl (C=O) groups excluding carboxylic acids is 1. The minimum atomic E-state index is -0.437. The molecule has 0 saturated carbocycles. The molecule has 1 N–H and O–H groups in total. The number of para-hydroxylation sites is 1. The summed E-state index contributed by atoms with van der Waals surface area (Å²) in [6, 6.07) is 12.0. The Kier molecular flexibility index (Phi) is 3.18. The van der Waals surface area contributed by atoms with Gasteiger partial charge in [0, 0.05) is 22.2 Å². The lowest BCUT2D eigenvalue weighted by molar-refractivity contribution is 0.103. The first-order chi connectivity index (χ1) is 9.58. The molecule has 4 heteroatoms. The SMILES string of the molecule is Cc1[nH]c2ccccc2c1C(=O)c1ccc(Br)c(F)c1. The molecule has 0 bridgehead atoms. The fourth-order valence-corrected chi connectivity index (χ4v) is 2.60. The largest absolute Gasteiger partial charge is 0.358 e. The van der Waals surface area contributed by atoms with Crippen molar-refractivity contribution >= 4 is 32.6 Å². The third-order valence-electron chi connectivity index (χ3n) is 3.30. The van der Waals surface area contributed by atoms with E-state index in [1.54, 1.807) is 12.1 Å². The zero-order chi connectivity index (χ0) is 14.3. The van der Waals surface area contributed by atoms with E-state index in [0.717, 1.165) is 16.6 Å². The molecule has 20 heavy (non-hydrogen) atoms. The second-order valence-corrected chi connectivity index (χ2v) is 5.48. The maximum absolute atomic E-state index is 13.6. The van der Waals surface area contributed by atoms with Gasteiger partial charge in [-0.1, -0.05) is 18.2 Å². The Hall–Kier alpha value is -1.94. The second-order valence-electron chi connectivity index (χ2n) is 4.63. The number of rotatable bonds is 2. The topological polar surface area (TPSA) is 32.9 Å². The van der Waals surface area contributed by atoms with Crippen LogP contribution >= 0.6 is 15.9 Å². The van der Waals surface area contributed by atoms with Gasteiger partial charge in [-0.2, -0.15) is 0 Å². The van der Waals surface area contributed by atoms with E-state index >= 15 is 0 Å². The standard InChI is InChI=1S/C16H11BrFNO/c1-9-15(11-4-2-3-5-14(11)19-9)16(20)10-6-7-12(17)13(18)8-10/h2-8,19H,1H3. The first-order valence-electron chi connectivity index (χ1n) is 6.15. The number of H-pyrrole nitrogens is 1. The quantitative estimate of drug-likeness (QED) is 0.683. The number of aryl methyl sites for hydroxylation is 1. The summed E-state index contributed by atoms with van der Waals surface area (Å²) in [5, 5.41) is 0.860. The molecule has 100 valence electrons. The molecule has 1 aromatic heterocycles. The zero-order valence-corrected chi connectivity index (χ0v) is 12.3. The molecule has 0 spiro atoms. The number of aromatic amines is 1. The normalized spacial score (nSPS) is 10.9. The molecule has 2 aromatic carbocycles. The summed E-state index contributed by atoms with van der Waals surface area (Å²) in [6.07, 6.45) is 0. The van der Waals surface area contributed by atoms with Crippen LogP contribution in [0.5, 0.6) is 0 Å². The molecule has 2 nitrogen and oxygen atoms in total. The molecular weight excluding hydrogens is 321 g/mol. The van der Waals surface area contributed by atoms with Gasteiger partial charge in [0.05, 0.1) is 10.0 Å². The number of carbonyl (C=O) groups is 1. The van der Waals surface area contributed by atoms with E-state index in [-0.39, 0.29) is 5.78 Å². The van der Waals surface area contributed by atoms with E-state index in [4.69, 9.17) is 0 Å². The molecule has 1 heterocycles. The summed E-state index contributed by atoms with van der Waals surface area (Å²) in [5.41, 5.74) is 2.64. The molecule has 0 amide bonds. The van der Waals surface area contributed by atoms with E-state index in [9.17, 15) is 9.18 Å². The maximum Gasteiger partial charge on any atom is 0.195 e. The highest BCUT2D eigenvalue weighted by molar-refractivity contribution is 9.10. The zero-order valence-electron chi connectivity index (χ0n) is 10.7. The molecule has 0 unspecified atom stereocenters.